The Labute approximate surface area is 162 Å². The van der Waals surface area contributed by atoms with Gasteiger partial charge in [0.15, 0.2) is 5.65 Å². The molecule has 2 aromatic heterocycles. The Morgan fingerprint density at radius 1 is 1.18 bits per heavy atom. The van der Waals surface area contributed by atoms with Crippen LogP contribution in [0, 0.1) is 13.8 Å². The Morgan fingerprint density at radius 2 is 2.00 bits per heavy atom. The maximum atomic E-state index is 12.5. The van der Waals surface area contributed by atoms with E-state index < -0.39 is 5.91 Å². The van der Waals surface area contributed by atoms with Gasteiger partial charge in [0.1, 0.15) is 5.56 Å². The molecule has 1 aliphatic heterocycles. The molecule has 0 saturated carbocycles. The summed E-state index contributed by atoms with van der Waals surface area (Å²) in [5.41, 5.74) is 9.75. The van der Waals surface area contributed by atoms with Crippen LogP contribution in [0.25, 0.3) is 5.65 Å². The molecule has 0 fully saturated rings. The number of aromatic nitrogens is 3. The molecule has 0 aliphatic carbocycles. The van der Waals surface area contributed by atoms with Gasteiger partial charge in [-0.05, 0) is 44.4 Å². The second-order valence-electron chi connectivity index (χ2n) is 6.99. The average molecular weight is 378 g/mol. The van der Waals surface area contributed by atoms with E-state index in [1.807, 2.05) is 43.0 Å². The standard InChI is InChI=1S/C20H22N6O2/c1-13-10-14(2)26-19(22-13)16(11-21-26)20(28)24-23-18(27)12-25-9-5-7-15-6-3-4-8-17(15)25/h3-4,6,8,10-11H,5,7,9,12H2,1-2H3,(H,23,27)(H,24,28). The Morgan fingerprint density at radius 3 is 2.86 bits per heavy atom. The van der Waals surface area contributed by atoms with E-state index in [4.69, 9.17) is 0 Å². The van der Waals surface area contributed by atoms with Gasteiger partial charge in [-0.2, -0.15) is 5.10 Å². The molecule has 8 heteroatoms. The summed E-state index contributed by atoms with van der Waals surface area (Å²) in [5, 5.41) is 4.20. The average Bonchev–Trinajstić information content (AvgIpc) is 3.10. The SMILES string of the molecule is Cc1cc(C)n2ncc(C(=O)NNC(=O)CN3CCCc4ccccc43)c2n1. The van der Waals surface area contributed by atoms with Crippen molar-refractivity contribution < 1.29 is 9.59 Å². The quantitative estimate of drug-likeness (QED) is 0.675. The van der Waals surface area contributed by atoms with Crippen molar-refractivity contribution in [2.75, 3.05) is 18.0 Å². The number of nitrogens with one attached hydrogen (secondary N) is 2. The number of hydrazine groups is 1. The maximum Gasteiger partial charge on any atom is 0.275 e. The number of benzene rings is 1. The van der Waals surface area contributed by atoms with Crippen LogP contribution in [0.1, 0.15) is 33.7 Å². The molecule has 144 valence electrons. The van der Waals surface area contributed by atoms with Gasteiger partial charge in [-0.1, -0.05) is 18.2 Å². The molecular weight excluding hydrogens is 356 g/mol. The van der Waals surface area contributed by atoms with E-state index in [1.165, 1.54) is 11.8 Å². The molecule has 28 heavy (non-hydrogen) atoms. The molecule has 0 bridgehead atoms. The zero-order valence-electron chi connectivity index (χ0n) is 15.9. The summed E-state index contributed by atoms with van der Waals surface area (Å²) in [6.07, 6.45) is 3.48. The number of carbonyl (C=O) groups excluding carboxylic acids is 2. The van der Waals surface area contributed by atoms with Gasteiger partial charge in [-0.3, -0.25) is 20.4 Å². The first kappa shape index (κ1) is 18.0. The minimum absolute atomic E-state index is 0.183. The van der Waals surface area contributed by atoms with E-state index in [1.54, 1.807) is 4.52 Å². The number of aryl methyl sites for hydroxylation is 3. The third-order valence-corrected chi connectivity index (χ3v) is 4.88. The van der Waals surface area contributed by atoms with Crippen LogP contribution in [0.5, 0.6) is 0 Å². The number of anilines is 1. The van der Waals surface area contributed by atoms with Crippen LogP contribution in [0.4, 0.5) is 5.69 Å². The lowest BCUT2D eigenvalue weighted by Gasteiger charge is -2.30. The molecule has 1 aliphatic rings. The van der Waals surface area contributed by atoms with E-state index >= 15 is 0 Å². The molecule has 3 aromatic rings. The van der Waals surface area contributed by atoms with Gasteiger partial charge in [0.2, 0.25) is 0 Å². The largest absolute Gasteiger partial charge is 0.362 e. The minimum atomic E-state index is -0.445. The number of hydrogen-bond acceptors (Lipinski definition) is 5. The smallest absolute Gasteiger partial charge is 0.275 e. The molecule has 0 atom stereocenters. The van der Waals surface area contributed by atoms with E-state index in [0.717, 1.165) is 36.5 Å². The van der Waals surface area contributed by atoms with E-state index in [-0.39, 0.29) is 12.5 Å². The third kappa shape index (κ3) is 3.40. The topological polar surface area (TPSA) is 91.6 Å². The van der Waals surface area contributed by atoms with Crippen molar-refractivity contribution in [3.63, 3.8) is 0 Å². The second kappa shape index (κ2) is 7.30. The zero-order chi connectivity index (χ0) is 19.7. The minimum Gasteiger partial charge on any atom is -0.362 e. The highest BCUT2D eigenvalue weighted by Gasteiger charge is 2.20. The van der Waals surface area contributed by atoms with Crippen molar-refractivity contribution in [2.24, 2.45) is 0 Å². The lowest BCUT2D eigenvalue weighted by molar-refractivity contribution is -0.120. The van der Waals surface area contributed by atoms with Crippen molar-refractivity contribution in [1.82, 2.24) is 25.4 Å². The lowest BCUT2D eigenvalue weighted by atomic mass is 10.0. The van der Waals surface area contributed by atoms with Crippen LogP contribution < -0.4 is 15.8 Å². The fourth-order valence-electron chi connectivity index (χ4n) is 3.61. The molecule has 1 aromatic carbocycles. The molecule has 0 radical (unpaired) electrons. The van der Waals surface area contributed by atoms with Crippen molar-refractivity contribution in [2.45, 2.75) is 26.7 Å². The van der Waals surface area contributed by atoms with Crippen molar-refractivity contribution in [1.29, 1.82) is 0 Å². The van der Waals surface area contributed by atoms with Gasteiger partial charge < -0.3 is 4.90 Å². The molecule has 8 nitrogen and oxygen atoms in total. The Hall–Kier alpha value is -3.42. The number of fused-ring (bicyclic) bond motifs is 2. The molecule has 0 saturated heterocycles. The van der Waals surface area contributed by atoms with E-state index in [2.05, 4.69) is 27.0 Å². The highest BCUT2D eigenvalue weighted by Crippen LogP contribution is 2.26. The highest BCUT2D eigenvalue weighted by molar-refractivity contribution is 6.00. The third-order valence-electron chi connectivity index (χ3n) is 4.88. The van der Waals surface area contributed by atoms with E-state index in [0.29, 0.717) is 11.2 Å². The summed E-state index contributed by atoms with van der Waals surface area (Å²) in [6, 6.07) is 9.98. The summed E-state index contributed by atoms with van der Waals surface area (Å²) in [7, 11) is 0. The van der Waals surface area contributed by atoms with Gasteiger partial charge >= 0.3 is 0 Å². The fourth-order valence-corrected chi connectivity index (χ4v) is 3.61. The normalized spacial score (nSPS) is 13.3. The van der Waals surface area contributed by atoms with Gasteiger partial charge in [0, 0.05) is 23.6 Å². The number of para-hydroxylation sites is 1. The number of nitrogens with zero attached hydrogens (tertiary/aromatic N) is 4. The van der Waals surface area contributed by atoms with Gasteiger partial charge in [-0.25, -0.2) is 9.50 Å². The molecule has 3 heterocycles. The molecule has 0 unspecified atom stereocenters. The van der Waals surface area contributed by atoms with Gasteiger partial charge in [0.25, 0.3) is 11.8 Å². The van der Waals surface area contributed by atoms with Crippen molar-refractivity contribution in [3.05, 3.63) is 59.0 Å². The van der Waals surface area contributed by atoms with Crippen LogP contribution in [0.2, 0.25) is 0 Å². The zero-order valence-corrected chi connectivity index (χ0v) is 15.9. The monoisotopic (exact) mass is 378 g/mol. The van der Waals surface area contributed by atoms with Crippen LogP contribution in [-0.4, -0.2) is 39.5 Å². The molecular formula is C20H22N6O2. The first-order chi connectivity index (χ1) is 13.5. The first-order valence-electron chi connectivity index (χ1n) is 9.27. The Kier molecular flexibility index (Phi) is 4.68. The summed E-state index contributed by atoms with van der Waals surface area (Å²) < 4.78 is 1.61. The Balaban J connectivity index is 1.41. The first-order valence-corrected chi connectivity index (χ1v) is 9.27. The van der Waals surface area contributed by atoms with Gasteiger partial charge in [-0.15, -0.1) is 0 Å². The molecule has 2 N–H and O–H groups in total. The highest BCUT2D eigenvalue weighted by atomic mass is 16.2. The second-order valence-corrected chi connectivity index (χ2v) is 6.99. The summed E-state index contributed by atoms with van der Waals surface area (Å²) >= 11 is 0. The number of hydrogen-bond donors (Lipinski definition) is 2. The van der Waals surface area contributed by atoms with Crippen LogP contribution in [-0.2, 0) is 11.2 Å². The predicted octanol–water partition coefficient (Wildman–Crippen LogP) is 1.56. The molecule has 2 amide bonds. The predicted molar refractivity (Wildman–Crippen MR) is 105 cm³/mol. The summed E-state index contributed by atoms with van der Waals surface area (Å²) in [4.78, 5) is 31.3. The fraction of sp³-hybridized carbons (Fsp3) is 0.300. The van der Waals surface area contributed by atoms with Crippen molar-refractivity contribution >= 4 is 23.1 Å². The van der Waals surface area contributed by atoms with Crippen molar-refractivity contribution in [3.8, 4) is 0 Å². The summed E-state index contributed by atoms with van der Waals surface area (Å²) in [5.74, 6) is -0.721. The van der Waals surface area contributed by atoms with Crippen LogP contribution in [0.15, 0.2) is 36.5 Å². The van der Waals surface area contributed by atoms with Gasteiger partial charge in [0.05, 0.1) is 12.7 Å². The number of carbonyl (C=O) groups is 2. The summed E-state index contributed by atoms with van der Waals surface area (Å²) in [6.45, 7) is 4.76. The Bertz CT molecular complexity index is 1060. The van der Waals surface area contributed by atoms with Crippen LogP contribution >= 0.6 is 0 Å². The molecule has 4 rings (SSSR count). The van der Waals surface area contributed by atoms with E-state index in [9.17, 15) is 9.59 Å². The number of rotatable bonds is 3. The van der Waals surface area contributed by atoms with Crippen LogP contribution in [0.3, 0.4) is 0 Å². The lowest BCUT2D eigenvalue weighted by Crippen LogP contribution is -2.47. The number of amides is 2. The maximum absolute atomic E-state index is 12.5. The molecule has 0 spiro atoms.